The number of rotatable bonds is 4. The lowest BCUT2D eigenvalue weighted by Gasteiger charge is -2.10. The van der Waals surface area contributed by atoms with Crippen LogP contribution in [0.5, 0.6) is 0 Å². The van der Waals surface area contributed by atoms with Crippen LogP contribution in [0.1, 0.15) is 32.6 Å². The van der Waals surface area contributed by atoms with Crippen LogP contribution in [0.4, 0.5) is 0 Å². The topological polar surface area (TPSA) is 35.2 Å². The number of fused-ring (bicyclic) bond motifs is 1. The first kappa shape index (κ1) is 9.47. The Balaban J connectivity index is 1.76. The smallest absolute Gasteiger partial charge is 0.0620 e. The third kappa shape index (κ3) is 1.89. The molecule has 3 atom stereocenters. The minimum Gasteiger partial charge on any atom is -0.380 e. The van der Waals surface area contributed by atoms with Crippen molar-refractivity contribution in [3.63, 3.8) is 0 Å². The van der Waals surface area contributed by atoms with Crippen LogP contribution in [0.2, 0.25) is 0 Å². The molecule has 2 heteroatoms. The van der Waals surface area contributed by atoms with E-state index in [0.717, 1.165) is 31.0 Å². The molecule has 0 bridgehead atoms. The summed E-state index contributed by atoms with van der Waals surface area (Å²) in [6, 6.07) is 0.313. The normalized spacial score (nSPS) is 39.7. The molecule has 0 spiro atoms. The Morgan fingerprint density at radius 3 is 2.46 bits per heavy atom. The van der Waals surface area contributed by atoms with Crippen LogP contribution in [0, 0.1) is 17.8 Å². The van der Waals surface area contributed by atoms with Crippen molar-refractivity contribution in [2.24, 2.45) is 23.5 Å². The van der Waals surface area contributed by atoms with Crippen LogP contribution >= 0.6 is 0 Å². The van der Waals surface area contributed by atoms with E-state index < -0.39 is 0 Å². The van der Waals surface area contributed by atoms with Gasteiger partial charge in [-0.2, -0.15) is 0 Å². The van der Waals surface area contributed by atoms with Crippen LogP contribution in [-0.2, 0) is 4.74 Å². The quantitative estimate of drug-likeness (QED) is 0.721. The zero-order valence-electron chi connectivity index (χ0n) is 8.54. The highest BCUT2D eigenvalue weighted by molar-refractivity contribution is 5.03. The predicted octanol–water partition coefficient (Wildman–Crippen LogP) is 1.79. The second-order valence-corrected chi connectivity index (χ2v) is 4.51. The fourth-order valence-electron chi connectivity index (χ4n) is 3.05. The van der Waals surface area contributed by atoms with E-state index in [9.17, 15) is 0 Å². The van der Waals surface area contributed by atoms with Gasteiger partial charge in [-0.25, -0.2) is 0 Å². The summed E-state index contributed by atoms with van der Waals surface area (Å²) >= 11 is 0. The molecule has 2 saturated carbocycles. The van der Waals surface area contributed by atoms with E-state index in [2.05, 4.69) is 0 Å². The van der Waals surface area contributed by atoms with Gasteiger partial charge in [0.2, 0.25) is 0 Å². The minimum atomic E-state index is 0.313. The lowest BCUT2D eigenvalue weighted by molar-refractivity contribution is 0.125. The largest absolute Gasteiger partial charge is 0.380 e. The van der Waals surface area contributed by atoms with E-state index >= 15 is 0 Å². The minimum absolute atomic E-state index is 0.313. The Morgan fingerprint density at radius 1 is 1.31 bits per heavy atom. The molecule has 2 aliphatic rings. The molecule has 0 aromatic carbocycles. The second-order valence-electron chi connectivity index (χ2n) is 4.51. The van der Waals surface area contributed by atoms with Gasteiger partial charge in [-0.15, -0.1) is 0 Å². The van der Waals surface area contributed by atoms with Gasteiger partial charge in [0.05, 0.1) is 6.61 Å². The number of ether oxygens (including phenoxy) is 1. The summed E-state index contributed by atoms with van der Waals surface area (Å²) < 4.78 is 5.38. The van der Waals surface area contributed by atoms with Crippen molar-refractivity contribution in [1.82, 2.24) is 0 Å². The first-order valence-corrected chi connectivity index (χ1v) is 5.68. The van der Waals surface area contributed by atoms with Gasteiger partial charge in [-0.3, -0.25) is 0 Å². The zero-order valence-corrected chi connectivity index (χ0v) is 8.54. The van der Waals surface area contributed by atoms with Crippen molar-refractivity contribution < 1.29 is 4.74 Å². The molecule has 2 nitrogen and oxygen atoms in total. The molecule has 0 saturated heterocycles. The highest BCUT2D eigenvalue weighted by Gasteiger charge is 2.52. The standard InChI is InChI=1S/C11H21NO/c1-2-13-7-10(12)11-8-5-3-4-6-9(8)11/h8-11H,2-7,12H2,1H3. The molecule has 0 aromatic rings. The maximum atomic E-state index is 6.10. The number of hydrogen-bond acceptors (Lipinski definition) is 2. The van der Waals surface area contributed by atoms with Crippen LogP contribution in [0.25, 0.3) is 0 Å². The van der Waals surface area contributed by atoms with Gasteiger partial charge in [0, 0.05) is 12.6 Å². The molecular formula is C11H21NO. The Morgan fingerprint density at radius 2 is 1.92 bits per heavy atom. The molecule has 2 N–H and O–H groups in total. The second kappa shape index (κ2) is 3.97. The van der Waals surface area contributed by atoms with Crippen LogP contribution in [0.3, 0.4) is 0 Å². The van der Waals surface area contributed by atoms with Gasteiger partial charge in [0.25, 0.3) is 0 Å². The van der Waals surface area contributed by atoms with Crippen molar-refractivity contribution in [1.29, 1.82) is 0 Å². The van der Waals surface area contributed by atoms with Gasteiger partial charge in [-0.1, -0.05) is 12.8 Å². The monoisotopic (exact) mass is 183 g/mol. The average Bonchev–Trinajstić information content (AvgIpc) is 2.88. The molecule has 2 fully saturated rings. The first-order chi connectivity index (χ1) is 6.34. The summed E-state index contributed by atoms with van der Waals surface area (Å²) in [6.45, 7) is 3.61. The van der Waals surface area contributed by atoms with E-state index in [0.29, 0.717) is 6.04 Å². The predicted molar refractivity (Wildman–Crippen MR) is 53.4 cm³/mol. The molecule has 0 heterocycles. The maximum absolute atomic E-state index is 6.10. The van der Waals surface area contributed by atoms with Crippen molar-refractivity contribution in [3.05, 3.63) is 0 Å². The van der Waals surface area contributed by atoms with Crippen molar-refractivity contribution in [3.8, 4) is 0 Å². The first-order valence-electron chi connectivity index (χ1n) is 5.68. The zero-order chi connectivity index (χ0) is 9.26. The molecule has 2 aliphatic carbocycles. The Kier molecular flexibility index (Phi) is 2.89. The molecule has 2 rings (SSSR count). The molecule has 13 heavy (non-hydrogen) atoms. The maximum Gasteiger partial charge on any atom is 0.0620 e. The van der Waals surface area contributed by atoms with E-state index in [1.807, 2.05) is 6.92 Å². The van der Waals surface area contributed by atoms with Crippen molar-refractivity contribution in [2.75, 3.05) is 13.2 Å². The fraction of sp³-hybridized carbons (Fsp3) is 1.00. The number of hydrogen-bond donors (Lipinski definition) is 1. The third-order valence-corrected chi connectivity index (χ3v) is 3.73. The Hall–Kier alpha value is -0.0800. The van der Waals surface area contributed by atoms with Gasteiger partial charge in [0.15, 0.2) is 0 Å². The molecule has 76 valence electrons. The summed E-state index contributed by atoms with van der Waals surface area (Å²) in [6.07, 6.45) is 5.71. The highest BCUT2D eigenvalue weighted by Crippen LogP contribution is 2.56. The molecule has 3 unspecified atom stereocenters. The fourth-order valence-corrected chi connectivity index (χ4v) is 3.05. The van der Waals surface area contributed by atoms with E-state index in [1.54, 1.807) is 0 Å². The summed E-state index contributed by atoms with van der Waals surface area (Å²) in [4.78, 5) is 0. The molecular weight excluding hydrogens is 162 g/mol. The van der Waals surface area contributed by atoms with Crippen LogP contribution in [0.15, 0.2) is 0 Å². The van der Waals surface area contributed by atoms with E-state index in [-0.39, 0.29) is 0 Å². The summed E-state index contributed by atoms with van der Waals surface area (Å²) in [5.41, 5.74) is 6.10. The number of nitrogens with two attached hydrogens (primary N) is 1. The highest BCUT2D eigenvalue weighted by atomic mass is 16.5. The van der Waals surface area contributed by atoms with Gasteiger partial charge < -0.3 is 10.5 Å². The van der Waals surface area contributed by atoms with Gasteiger partial charge in [-0.05, 0) is 37.5 Å². The van der Waals surface area contributed by atoms with Gasteiger partial charge in [0.1, 0.15) is 0 Å². The molecule has 0 radical (unpaired) electrons. The molecule has 0 amide bonds. The summed E-state index contributed by atoms with van der Waals surface area (Å²) in [5, 5.41) is 0. The van der Waals surface area contributed by atoms with E-state index in [4.69, 9.17) is 10.5 Å². The third-order valence-electron chi connectivity index (χ3n) is 3.73. The van der Waals surface area contributed by atoms with Gasteiger partial charge >= 0.3 is 0 Å². The van der Waals surface area contributed by atoms with Crippen LogP contribution < -0.4 is 5.73 Å². The molecule has 0 aliphatic heterocycles. The average molecular weight is 183 g/mol. The SMILES string of the molecule is CCOCC(N)C1C2CCCCC21. The lowest BCUT2D eigenvalue weighted by Crippen LogP contribution is -2.29. The summed E-state index contributed by atoms with van der Waals surface area (Å²) in [7, 11) is 0. The van der Waals surface area contributed by atoms with Crippen LogP contribution in [-0.4, -0.2) is 19.3 Å². The Labute approximate surface area is 80.8 Å². The Bertz CT molecular complexity index is 159. The van der Waals surface area contributed by atoms with Crippen molar-refractivity contribution >= 4 is 0 Å². The van der Waals surface area contributed by atoms with Crippen molar-refractivity contribution in [2.45, 2.75) is 38.6 Å². The lowest BCUT2D eigenvalue weighted by atomic mass is 10.0. The van der Waals surface area contributed by atoms with E-state index in [1.165, 1.54) is 25.7 Å². The summed E-state index contributed by atoms with van der Waals surface area (Å²) in [5.74, 6) is 2.72. The molecule has 0 aromatic heterocycles.